The molecule has 0 radical (unpaired) electrons. The third-order valence-electron chi connectivity index (χ3n) is 5.59. The smallest absolute Gasteiger partial charge is 0.250 e. The van der Waals surface area contributed by atoms with Gasteiger partial charge in [-0.05, 0) is 55.5 Å². The van der Waals surface area contributed by atoms with Crippen LogP contribution in [0, 0.1) is 6.92 Å². The Bertz CT molecular complexity index is 952. The van der Waals surface area contributed by atoms with Crippen LogP contribution < -0.4 is 20.3 Å². The van der Waals surface area contributed by atoms with Crippen LogP contribution in [0.2, 0.25) is 0 Å². The average Bonchev–Trinajstić information content (AvgIpc) is 2.76. The molecule has 0 fully saturated rings. The number of aliphatic imine (C=N–C) groups is 1. The van der Waals surface area contributed by atoms with Crippen molar-refractivity contribution in [2.24, 2.45) is 4.99 Å². The quantitative estimate of drug-likeness (QED) is 0.430. The fraction of sp³-hybridized carbons (Fsp3) is 0.478. The van der Waals surface area contributed by atoms with Gasteiger partial charge in [-0.3, -0.25) is 9.79 Å². The lowest BCUT2D eigenvalue weighted by molar-refractivity contribution is 0.346. The van der Waals surface area contributed by atoms with Crippen LogP contribution >= 0.6 is 0 Å². The molecule has 0 amide bonds. The van der Waals surface area contributed by atoms with Crippen molar-refractivity contribution >= 4 is 5.96 Å². The molecular weight excluding hydrogens is 380 g/mol. The summed E-state index contributed by atoms with van der Waals surface area (Å²) in [5, 5.41) is 3.47. The summed E-state index contributed by atoms with van der Waals surface area (Å²) >= 11 is 0. The normalized spacial score (nSPS) is 13.7. The number of fused-ring (bicyclic) bond motifs is 1. The van der Waals surface area contributed by atoms with Gasteiger partial charge < -0.3 is 24.3 Å². The Labute approximate surface area is 178 Å². The summed E-state index contributed by atoms with van der Waals surface area (Å²) in [5.74, 6) is 2.44. The molecule has 1 aliphatic heterocycles. The van der Waals surface area contributed by atoms with Gasteiger partial charge in [0, 0.05) is 45.0 Å². The standard InChI is InChI=1S/C23H32N4O3/c1-17-8-7-9-22(28)27(17)12-6-5-11-25-23(24-2)26-13-10-18-14-20(29-3)21(30-4)15-19(18)16-26/h7-9,14-15H,5-6,10-13,16H2,1-4H3,(H,24,25). The first-order valence-corrected chi connectivity index (χ1v) is 10.4. The minimum absolute atomic E-state index is 0.0674. The van der Waals surface area contributed by atoms with Crippen molar-refractivity contribution < 1.29 is 9.47 Å². The summed E-state index contributed by atoms with van der Waals surface area (Å²) in [7, 11) is 5.15. The number of ether oxygens (including phenoxy) is 2. The van der Waals surface area contributed by atoms with E-state index in [1.165, 1.54) is 11.1 Å². The highest BCUT2D eigenvalue weighted by molar-refractivity contribution is 5.80. The van der Waals surface area contributed by atoms with E-state index < -0.39 is 0 Å². The monoisotopic (exact) mass is 412 g/mol. The second-order valence-electron chi connectivity index (χ2n) is 7.49. The molecule has 1 N–H and O–H groups in total. The van der Waals surface area contributed by atoms with Crippen molar-refractivity contribution in [1.29, 1.82) is 0 Å². The predicted molar refractivity (Wildman–Crippen MR) is 120 cm³/mol. The van der Waals surface area contributed by atoms with Gasteiger partial charge in [-0.15, -0.1) is 0 Å². The molecule has 0 unspecified atom stereocenters. The Morgan fingerprint density at radius 1 is 1.13 bits per heavy atom. The molecule has 0 aliphatic carbocycles. The molecule has 1 aromatic heterocycles. The minimum Gasteiger partial charge on any atom is -0.493 e. The van der Waals surface area contributed by atoms with Gasteiger partial charge in [-0.2, -0.15) is 0 Å². The van der Waals surface area contributed by atoms with E-state index >= 15 is 0 Å². The van der Waals surface area contributed by atoms with Crippen LogP contribution in [-0.4, -0.2) is 49.8 Å². The Hall–Kier alpha value is -2.96. The number of methoxy groups -OCH3 is 2. The first-order chi connectivity index (χ1) is 14.6. The number of nitrogens with zero attached hydrogens (tertiary/aromatic N) is 3. The molecule has 3 rings (SSSR count). The Kier molecular flexibility index (Phi) is 7.38. The number of aromatic nitrogens is 1. The predicted octanol–water partition coefficient (Wildman–Crippen LogP) is 2.59. The van der Waals surface area contributed by atoms with Crippen LogP contribution in [0.5, 0.6) is 11.5 Å². The van der Waals surface area contributed by atoms with Crippen molar-refractivity contribution in [2.75, 3.05) is 34.4 Å². The van der Waals surface area contributed by atoms with Crippen LogP contribution in [0.15, 0.2) is 40.1 Å². The fourth-order valence-corrected chi connectivity index (χ4v) is 3.90. The third-order valence-corrected chi connectivity index (χ3v) is 5.59. The summed E-state index contributed by atoms with van der Waals surface area (Å²) in [6.45, 7) is 5.22. The van der Waals surface area contributed by atoms with Gasteiger partial charge in [-0.25, -0.2) is 0 Å². The Morgan fingerprint density at radius 3 is 2.53 bits per heavy atom. The fourth-order valence-electron chi connectivity index (χ4n) is 3.90. The van der Waals surface area contributed by atoms with Crippen LogP contribution in [-0.2, 0) is 19.5 Å². The molecule has 0 spiro atoms. The van der Waals surface area contributed by atoms with Crippen molar-refractivity contribution in [1.82, 2.24) is 14.8 Å². The summed E-state index contributed by atoms with van der Waals surface area (Å²) in [6, 6.07) is 9.54. The Morgan fingerprint density at radius 2 is 1.87 bits per heavy atom. The molecular formula is C23H32N4O3. The van der Waals surface area contributed by atoms with Gasteiger partial charge >= 0.3 is 0 Å². The molecule has 0 atom stereocenters. The van der Waals surface area contributed by atoms with Crippen LogP contribution in [0.3, 0.4) is 0 Å². The topological polar surface area (TPSA) is 68.1 Å². The SMILES string of the molecule is CN=C(NCCCCn1c(C)cccc1=O)N1CCc2cc(OC)c(OC)cc2C1. The number of hydrogen-bond acceptors (Lipinski definition) is 4. The summed E-state index contributed by atoms with van der Waals surface area (Å²) < 4.78 is 12.7. The molecule has 1 aliphatic rings. The van der Waals surface area contributed by atoms with Crippen molar-refractivity contribution in [3.63, 3.8) is 0 Å². The number of unbranched alkanes of at least 4 members (excludes halogenated alkanes) is 1. The second-order valence-corrected chi connectivity index (χ2v) is 7.49. The molecule has 0 saturated heterocycles. The lowest BCUT2D eigenvalue weighted by Crippen LogP contribution is -2.44. The number of pyridine rings is 1. The molecule has 1 aromatic carbocycles. The maximum atomic E-state index is 12.0. The molecule has 30 heavy (non-hydrogen) atoms. The second kappa shape index (κ2) is 10.2. The largest absolute Gasteiger partial charge is 0.493 e. The number of nitrogens with one attached hydrogen (secondary N) is 1. The number of benzene rings is 1. The Balaban J connectivity index is 1.53. The number of aryl methyl sites for hydroxylation is 1. The van der Waals surface area contributed by atoms with E-state index in [4.69, 9.17) is 9.47 Å². The maximum Gasteiger partial charge on any atom is 0.250 e. The highest BCUT2D eigenvalue weighted by Gasteiger charge is 2.21. The van der Waals surface area contributed by atoms with Gasteiger partial charge in [0.15, 0.2) is 17.5 Å². The van der Waals surface area contributed by atoms with E-state index in [-0.39, 0.29) is 5.56 Å². The number of rotatable bonds is 7. The zero-order valence-electron chi connectivity index (χ0n) is 18.4. The van der Waals surface area contributed by atoms with Crippen molar-refractivity contribution in [2.45, 2.75) is 39.3 Å². The van der Waals surface area contributed by atoms with Crippen molar-refractivity contribution in [3.8, 4) is 11.5 Å². The van der Waals surface area contributed by atoms with Gasteiger partial charge in [0.25, 0.3) is 5.56 Å². The van der Waals surface area contributed by atoms with E-state index in [1.807, 2.05) is 30.7 Å². The first kappa shape index (κ1) is 21.7. The van der Waals surface area contributed by atoms with Crippen LogP contribution in [0.25, 0.3) is 0 Å². The lowest BCUT2D eigenvalue weighted by atomic mass is 9.99. The van der Waals surface area contributed by atoms with E-state index in [9.17, 15) is 4.79 Å². The van der Waals surface area contributed by atoms with Crippen molar-refractivity contribution in [3.05, 3.63) is 57.5 Å². The molecule has 7 heteroatoms. The third kappa shape index (κ3) is 4.96. The molecule has 2 aromatic rings. The first-order valence-electron chi connectivity index (χ1n) is 10.4. The van der Waals surface area contributed by atoms with Gasteiger partial charge in [0.1, 0.15) is 0 Å². The zero-order valence-corrected chi connectivity index (χ0v) is 18.4. The highest BCUT2D eigenvalue weighted by Crippen LogP contribution is 2.33. The zero-order chi connectivity index (χ0) is 21.5. The lowest BCUT2D eigenvalue weighted by Gasteiger charge is -2.32. The average molecular weight is 413 g/mol. The molecule has 7 nitrogen and oxygen atoms in total. The molecule has 0 bridgehead atoms. The summed E-state index contributed by atoms with van der Waals surface area (Å²) in [4.78, 5) is 18.7. The summed E-state index contributed by atoms with van der Waals surface area (Å²) in [5.41, 5.74) is 3.60. The maximum absolute atomic E-state index is 12.0. The van der Waals surface area contributed by atoms with Gasteiger partial charge in [0.2, 0.25) is 0 Å². The van der Waals surface area contributed by atoms with E-state index in [2.05, 4.69) is 27.3 Å². The highest BCUT2D eigenvalue weighted by atomic mass is 16.5. The minimum atomic E-state index is 0.0674. The number of hydrogen-bond donors (Lipinski definition) is 1. The van der Waals surface area contributed by atoms with Gasteiger partial charge in [-0.1, -0.05) is 6.07 Å². The van der Waals surface area contributed by atoms with E-state index in [0.29, 0.717) is 0 Å². The van der Waals surface area contributed by atoms with E-state index in [0.717, 1.165) is 68.6 Å². The van der Waals surface area contributed by atoms with Crippen LogP contribution in [0.4, 0.5) is 0 Å². The molecule has 162 valence electrons. The van der Waals surface area contributed by atoms with Gasteiger partial charge in [0.05, 0.1) is 14.2 Å². The van der Waals surface area contributed by atoms with Crippen LogP contribution in [0.1, 0.15) is 29.7 Å². The molecule has 0 saturated carbocycles. The summed E-state index contributed by atoms with van der Waals surface area (Å²) in [6.07, 6.45) is 2.84. The number of guanidine groups is 1. The molecule has 2 heterocycles. The van der Waals surface area contributed by atoms with E-state index in [1.54, 1.807) is 20.3 Å².